The Balaban J connectivity index is 1.79. The summed E-state index contributed by atoms with van der Waals surface area (Å²) in [5, 5.41) is 2.48. The summed E-state index contributed by atoms with van der Waals surface area (Å²) in [6.07, 6.45) is 2.94. The van der Waals surface area contributed by atoms with E-state index in [4.69, 9.17) is 0 Å². The largest absolute Gasteiger partial charge is 0.341 e. The zero-order valence-corrected chi connectivity index (χ0v) is 14.0. The smallest absolute Gasteiger partial charge is 0.269 e. The highest BCUT2D eigenvalue weighted by molar-refractivity contribution is 5.97. The fourth-order valence-electron chi connectivity index (χ4n) is 1.96. The molecule has 2 rings (SSSR count). The Labute approximate surface area is 150 Å². The van der Waals surface area contributed by atoms with E-state index >= 15 is 0 Å². The van der Waals surface area contributed by atoms with Gasteiger partial charge in [-0.15, -0.1) is 0 Å². The molecule has 0 fully saturated rings. The maximum atomic E-state index is 12.8. The van der Waals surface area contributed by atoms with Crippen LogP contribution >= 0.6 is 0 Å². The first-order chi connectivity index (χ1) is 12.5. The standard InChI is InChI=1S/C19H18FN3O3/c1-13(21-17(24)12-7-14-5-3-2-4-6-14)18(25)22-23-19(26)15-8-10-16(20)11-9-15/h2-13H,1H3,(H,21,24)(H,22,25)(H,23,26)/b12-7+/t13-/m0/s1. The monoisotopic (exact) mass is 355 g/mol. The molecule has 0 saturated heterocycles. The first-order valence-electron chi connectivity index (χ1n) is 7.85. The van der Waals surface area contributed by atoms with Crippen LogP contribution in [0.4, 0.5) is 4.39 Å². The minimum atomic E-state index is -0.864. The van der Waals surface area contributed by atoms with Crippen molar-refractivity contribution < 1.29 is 18.8 Å². The van der Waals surface area contributed by atoms with Gasteiger partial charge in [-0.1, -0.05) is 30.3 Å². The Hall–Kier alpha value is -3.48. The SMILES string of the molecule is C[C@H](NC(=O)/C=C/c1ccccc1)C(=O)NNC(=O)c1ccc(F)cc1. The minimum Gasteiger partial charge on any atom is -0.341 e. The number of amides is 3. The van der Waals surface area contributed by atoms with E-state index in [0.717, 1.165) is 17.7 Å². The second kappa shape index (κ2) is 9.12. The summed E-state index contributed by atoms with van der Waals surface area (Å²) in [6, 6.07) is 13.2. The highest BCUT2D eigenvalue weighted by atomic mass is 19.1. The first-order valence-corrected chi connectivity index (χ1v) is 7.85. The maximum Gasteiger partial charge on any atom is 0.269 e. The van der Waals surface area contributed by atoms with Gasteiger partial charge in [0.05, 0.1) is 0 Å². The quantitative estimate of drug-likeness (QED) is 0.565. The molecule has 2 aromatic carbocycles. The number of carbonyl (C=O) groups is 3. The van der Waals surface area contributed by atoms with E-state index in [1.165, 1.54) is 25.1 Å². The summed E-state index contributed by atoms with van der Waals surface area (Å²) < 4.78 is 12.8. The molecule has 0 radical (unpaired) electrons. The Morgan fingerprint density at radius 1 is 0.962 bits per heavy atom. The lowest BCUT2D eigenvalue weighted by molar-refractivity contribution is -0.127. The van der Waals surface area contributed by atoms with Gasteiger partial charge in [0, 0.05) is 11.6 Å². The van der Waals surface area contributed by atoms with Crippen LogP contribution in [0.5, 0.6) is 0 Å². The van der Waals surface area contributed by atoms with Gasteiger partial charge in [-0.2, -0.15) is 0 Å². The molecule has 0 aliphatic heterocycles. The number of hydrogen-bond acceptors (Lipinski definition) is 3. The van der Waals surface area contributed by atoms with Crippen molar-refractivity contribution >= 4 is 23.8 Å². The first kappa shape index (κ1) is 18.9. The van der Waals surface area contributed by atoms with Crippen molar-refractivity contribution in [2.45, 2.75) is 13.0 Å². The third kappa shape index (κ3) is 5.86. The average Bonchev–Trinajstić information content (AvgIpc) is 2.65. The molecule has 134 valence electrons. The zero-order valence-electron chi connectivity index (χ0n) is 14.0. The van der Waals surface area contributed by atoms with E-state index in [-0.39, 0.29) is 5.56 Å². The van der Waals surface area contributed by atoms with E-state index < -0.39 is 29.6 Å². The van der Waals surface area contributed by atoms with Crippen LogP contribution in [0.1, 0.15) is 22.8 Å². The molecule has 0 aliphatic carbocycles. The molecule has 0 spiro atoms. The van der Waals surface area contributed by atoms with Crippen molar-refractivity contribution in [3.8, 4) is 0 Å². The number of hydrogen-bond donors (Lipinski definition) is 3. The van der Waals surface area contributed by atoms with E-state index in [1.807, 2.05) is 30.3 Å². The topological polar surface area (TPSA) is 87.3 Å². The van der Waals surface area contributed by atoms with Gasteiger partial charge < -0.3 is 5.32 Å². The molecule has 0 heterocycles. The highest BCUT2D eigenvalue weighted by Crippen LogP contribution is 2.02. The van der Waals surface area contributed by atoms with Gasteiger partial charge in [0.25, 0.3) is 11.8 Å². The highest BCUT2D eigenvalue weighted by Gasteiger charge is 2.15. The molecule has 26 heavy (non-hydrogen) atoms. The van der Waals surface area contributed by atoms with E-state index in [9.17, 15) is 18.8 Å². The second-order valence-electron chi connectivity index (χ2n) is 5.42. The minimum absolute atomic E-state index is 0.189. The number of nitrogens with one attached hydrogen (secondary N) is 3. The lowest BCUT2D eigenvalue weighted by atomic mass is 10.2. The Morgan fingerprint density at radius 3 is 2.27 bits per heavy atom. The van der Waals surface area contributed by atoms with Crippen LogP contribution in [-0.4, -0.2) is 23.8 Å². The van der Waals surface area contributed by atoms with Gasteiger partial charge in [0.15, 0.2) is 0 Å². The summed E-state index contributed by atoms with van der Waals surface area (Å²) in [4.78, 5) is 35.6. The summed E-state index contributed by atoms with van der Waals surface area (Å²) in [5.41, 5.74) is 5.45. The average molecular weight is 355 g/mol. The third-order valence-corrected chi connectivity index (χ3v) is 3.38. The number of halogens is 1. The molecule has 3 N–H and O–H groups in total. The van der Waals surface area contributed by atoms with Crippen LogP contribution in [0, 0.1) is 5.82 Å². The lowest BCUT2D eigenvalue weighted by Gasteiger charge is -2.13. The normalized spacial score (nSPS) is 11.6. The van der Waals surface area contributed by atoms with Crippen LogP contribution in [-0.2, 0) is 9.59 Å². The van der Waals surface area contributed by atoms with Crippen molar-refractivity contribution in [2.75, 3.05) is 0 Å². The molecule has 6 nitrogen and oxygen atoms in total. The van der Waals surface area contributed by atoms with Crippen molar-refractivity contribution in [2.24, 2.45) is 0 Å². The molecule has 3 amide bonds. The van der Waals surface area contributed by atoms with Crippen molar-refractivity contribution in [3.05, 3.63) is 77.6 Å². The molecule has 0 bridgehead atoms. The summed E-state index contributed by atoms with van der Waals surface area (Å²) in [5.74, 6) is -2.10. The second-order valence-corrected chi connectivity index (χ2v) is 5.42. The fraction of sp³-hybridized carbons (Fsp3) is 0.105. The van der Waals surface area contributed by atoms with Crippen LogP contribution in [0.15, 0.2) is 60.7 Å². The van der Waals surface area contributed by atoms with Gasteiger partial charge in [0.1, 0.15) is 11.9 Å². The van der Waals surface area contributed by atoms with Gasteiger partial charge in [0.2, 0.25) is 5.91 Å². The molecule has 7 heteroatoms. The fourth-order valence-corrected chi connectivity index (χ4v) is 1.96. The van der Waals surface area contributed by atoms with Gasteiger partial charge in [-0.25, -0.2) is 4.39 Å². The van der Waals surface area contributed by atoms with Gasteiger partial charge in [-0.3, -0.25) is 25.2 Å². The lowest BCUT2D eigenvalue weighted by Crippen LogP contribution is -2.50. The van der Waals surface area contributed by atoms with E-state index in [1.54, 1.807) is 6.08 Å². The Morgan fingerprint density at radius 2 is 1.62 bits per heavy atom. The Kier molecular flexibility index (Phi) is 6.61. The number of hydrazine groups is 1. The molecule has 1 atom stereocenters. The van der Waals surface area contributed by atoms with Crippen molar-refractivity contribution in [3.63, 3.8) is 0 Å². The molecule has 2 aromatic rings. The van der Waals surface area contributed by atoms with Crippen molar-refractivity contribution in [1.29, 1.82) is 0 Å². The summed E-state index contributed by atoms with van der Waals surface area (Å²) >= 11 is 0. The van der Waals surface area contributed by atoms with Crippen molar-refractivity contribution in [1.82, 2.24) is 16.2 Å². The molecule has 0 aromatic heterocycles. The van der Waals surface area contributed by atoms with Crippen LogP contribution < -0.4 is 16.2 Å². The third-order valence-electron chi connectivity index (χ3n) is 3.38. The summed E-state index contributed by atoms with van der Waals surface area (Å²) in [6.45, 7) is 1.48. The molecule has 0 aliphatic rings. The van der Waals surface area contributed by atoms with Gasteiger partial charge >= 0.3 is 0 Å². The Bertz CT molecular complexity index is 805. The predicted molar refractivity (Wildman–Crippen MR) is 95.1 cm³/mol. The number of benzene rings is 2. The molecule has 0 saturated carbocycles. The van der Waals surface area contributed by atoms with Gasteiger partial charge in [-0.05, 0) is 42.8 Å². The van der Waals surface area contributed by atoms with E-state index in [2.05, 4.69) is 16.2 Å². The summed E-state index contributed by atoms with van der Waals surface area (Å²) in [7, 11) is 0. The maximum absolute atomic E-state index is 12.8. The predicted octanol–water partition coefficient (Wildman–Crippen LogP) is 1.80. The number of rotatable bonds is 5. The zero-order chi connectivity index (χ0) is 18.9. The molecule has 0 unspecified atom stereocenters. The molecular weight excluding hydrogens is 337 g/mol. The van der Waals surface area contributed by atoms with Crippen LogP contribution in [0.2, 0.25) is 0 Å². The molecular formula is C19H18FN3O3. The van der Waals surface area contributed by atoms with E-state index in [0.29, 0.717) is 0 Å². The number of carbonyl (C=O) groups excluding carboxylic acids is 3. The van der Waals surface area contributed by atoms with Crippen LogP contribution in [0.25, 0.3) is 6.08 Å². The van der Waals surface area contributed by atoms with Crippen LogP contribution in [0.3, 0.4) is 0 Å².